The summed E-state index contributed by atoms with van der Waals surface area (Å²) in [6.45, 7) is 0. The van der Waals surface area contributed by atoms with Crippen LogP contribution in [0.25, 0.3) is 5.70 Å². The minimum Gasteiger partial charge on any atom is -0.349 e. The Hall–Kier alpha value is -2.86. The van der Waals surface area contributed by atoms with Gasteiger partial charge in [-0.1, -0.05) is 42.1 Å². The molecule has 124 valence electrons. The lowest BCUT2D eigenvalue weighted by Crippen LogP contribution is -2.28. The van der Waals surface area contributed by atoms with Crippen molar-refractivity contribution >= 4 is 34.9 Å². The van der Waals surface area contributed by atoms with Crippen LogP contribution >= 0.6 is 11.8 Å². The van der Waals surface area contributed by atoms with E-state index in [1.54, 1.807) is 0 Å². The fraction of sp³-hybridized carbons (Fsp3) is 0.0526. The van der Waals surface area contributed by atoms with E-state index >= 15 is 0 Å². The minimum absolute atomic E-state index is 0.134. The highest BCUT2D eigenvalue weighted by molar-refractivity contribution is 8.06. The van der Waals surface area contributed by atoms with E-state index in [2.05, 4.69) is 5.32 Å². The van der Waals surface area contributed by atoms with Crippen molar-refractivity contribution in [3.05, 3.63) is 82.0 Å². The smallest absolute Gasteiger partial charge is 0.237 e. The predicted octanol–water partition coefficient (Wildman–Crippen LogP) is 4.09. The average Bonchev–Trinajstić information content (AvgIpc) is 3.22. The second-order valence-electron chi connectivity index (χ2n) is 5.68. The highest BCUT2D eigenvalue weighted by atomic mass is 32.2. The van der Waals surface area contributed by atoms with E-state index in [0.29, 0.717) is 11.3 Å². The molecule has 0 aromatic heterocycles. The summed E-state index contributed by atoms with van der Waals surface area (Å²) in [5, 5.41) is 14.5. The van der Waals surface area contributed by atoms with Crippen LogP contribution < -0.4 is 10.2 Å². The van der Waals surface area contributed by atoms with Gasteiger partial charge < -0.3 is 5.32 Å². The number of nitrogens with one attached hydrogen (secondary N) is 2. The van der Waals surface area contributed by atoms with Crippen LogP contribution in [0.1, 0.15) is 12.0 Å². The topological polar surface area (TPSA) is 56.2 Å². The third kappa shape index (κ3) is 2.85. The van der Waals surface area contributed by atoms with E-state index in [4.69, 9.17) is 5.41 Å². The van der Waals surface area contributed by atoms with Crippen LogP contribution in [0.2, 0.25) is 0 Å². The van der Waals surface area contributed by atoms with Gasteiger partial charge in [-0.05, 0) is 29.8 Å². The fourth-order valence-corrected chi connectivity index (χ4v) is 3.74. The minimum atomic E-state index is -0.370. The molecule has 1 amide bonds. The van der Waals surface area contributed by atoms with Crippen molar-refractivity contribution in [3.8, 4) is 0 Å². The number of amides is 1. The number of carbonyl (C=O) groups excluding carboxylic acids is 1. The first kappa shape index (κ1) is 15.7. The molecule has 4 nitrogen and oxygen atoms in total. The van der Waals surface area contributed by atoms with Gasteiger partial charge in [-0.15, -0.1) is 0 Å². The Labute approximate surface area is 148 Å². The van der Waals surface area contributed by atoms with Crippen molar-refractivity contribution in [1.82, 2.24) is 5.32 Å². The monoisotopic (exact) mass is 351 g/mol. The van der Waals surface area contributed by atoms with Crippen molar-refractivity contribution in [2.75, 3.05) is 4.90 Å². The molecule has 0 aliphatic carbocycles. The summed E-state index contributed by atoms with van der Waals surface area (Å²) < 4.78 is 13.1. The molecule has 6 heteroatoms. The summed E-state index contributed by atoms with van der Waals surface area (Å²) in [5.41, 5.74) is 3.16. The third-order valence-electron chi connectivity index (χ3n) is 4.07. The summed E-state index contributed by atoms with van der Waals surface area (Å²) in [6.07, 6.45) is 0.154. The lowest BCUT2D eigenvalue weighted by molar-refractivity contribution is -0.116. The van der Waals surface area contributed by atoms with E-state index in [-0.39, 0.29) is 24.0 Å². The van der Waals surface area contributed by atoms with Gasteiger partial charge in [0.05, 0.1) is 22.8 Å². The van der Waals surface area contributed by atoms with Gasteiger partial charge in [0.2, 0.25) is 5.91 Å². The van der Waals surface area contributed by atoms with Gasteiger partial charge in [-0.25, -0.2) is 4.39 Å². The van der Waals surface area contributed by atoms with E-state index in [1.807, 2.05) is 35.7 Å². The zero-order chi connectivity index (χ0) is 17.4. The van der Waals surface area contributed by atoms with Crippen molar-refractivity contribution in [2.45, 2.75) is 6.42 Å². The third-order valence-corrected chi connectivity index (χ3v) is 5.01. The first-order chi connectivity index (χ1) is 12.1. The Morgan fingerprint density at radius 3 is 2.52 bits per heavy atom. The number of rotatable bonds is 2. The normalized spacial score (nSPS) is 20.0. The number of hydrogen-bond donors (Lipinski definition) is 2. The van der Waals surface area contributed by atoms with Crippen LogP contribution in [0, 0.1) is 11.2 Å². The van der Waals surface area contributed by atoms with Crippen LogP contribution in [-0.2, 0) is 4.79 Å². The molecular formula is C19H14FN3OS. The van der Waals surface area contributed by atoms with Crippen molar-refractivity contribution < 1.29 is 9.18 Å². The van der Waals surface area contributed by atoms with Crippen LogP contribution in [0.3, 0.4) is 0 Å². The lowest BCUT2D eigenvalue weighted by Gasteiger charge is -2.16. The van der Waals surface area contributed by atoms with E-state index in [0.717, 1.165) is 16.3 Å². The zero-order valence-corrected chi connectivity index (χ0v) is 13.9. The molecule has 0 spiro atoms. The largest absolute Gasteiger partial charge is 0.349 e. The number of carbonyl (C=O) groups is 1. The first-order valence-electron chi connectivity index (χ1n) is 7.73. The molecule has 25 heavy (non-hydrogen) atoms. The summed E-state index contributed by atoms with van der Waals surface area (Å²) >= 11 is 1.47. The van der Waals surface area contributed by atoms with Crippen molar-refractivity contribution in [3.63, 3.8) is 0 Å². The number of benzene rings is 2. The number of halogens is 1. The highest BCUT2D eigenvalue weighted by Crippen LogP contribution is 2.36. The zero-order valence-electron chi connectivity index (χ0n) is 13.1. The van der Waals surface area contributed by atoms with Gasteiger partial charge in [-0.3, -0.25) is 15.1 Å². The Kier molecular flexibility index (Phi) is 3.89. The molecule has 0 atom stereocenters. The maximum Gasteiger partial charge on any atom is 0.237 e. The molecule has 0 radical (unpaired) electrons. The molecule has 2 aliphatic rings. The fourth-order valence-electron chi connectivity index (χ4n) is 2.83. The Morgan fingerprint density at radius 1 is 1.08 bits per heavy atom. The van der Waals surface area contributed by atoms with Gasteiger partial charge in [0.1, 0.15) is 11.7 Å². The van der Waals surface area contributed by atoms with E-state index < -0.39 is 0 Å². The standard InChI is InChI=1S/C19H14FN3OS/c20-13-6-8-14(9-7-13)23-17(24)10-15(18(23)21)19-22-16(11-25-19)12-4-2-1-3-5-12/h1-9,11,21-22H,10H2/b19-15+,21-18?. The van der Waals surface area contributed by atoms with Crippen LogP contribution in [0.4, 0.5) is 10.1 Å². The number of thioether (sulfide) groups is 1. The van der Waals surface area contributed by atoms with E-state index in [9.17, 15) is 9.18 Å². The molecule has 0 unspecified atom stereocenters. The molecule has 2 heterocycles. The van der Waals surface area contributed by atoms with Gasteiger partial charge in [-0.2, -0.15) is 0 Å². The number of nitrogens with zero attached hydrogens (tertiary/aromatic N) is 1. The summed E-state index contributed by atoms with van der Waals surface area (Å²) in [4.78, 5) is 13.7. The number of amidine groups is 1. The Balaban J connectivity index is 1.60. The Bertz CT molecular complexity index is 919. The van der Waals surface area contributed by atoms with Crippen LogP contribution in [0.15, 0.2) is 70.6 Å². The molecule has 2 aromatic rings. The molecule has 2 N–H and O–H groups in total. The molecule has 1 fully saturated rings. The van der Waals surface area contributed by atoms with E-state index in [1.165, 1.54) is 40.9 Å². The second kappa shape index (κ2) is 6.22. The molecule has 1 saturated heterocycles. The number of anilines is 1. The maximum absolute atomic E-state index is 13.1. The van der Waals surface area contributed by atoms with Gasteiger partial charge >= 0.3 is 0 Å². The summed E-state index contributed by atoms with van der Waals surface area (Å²) in [6, 6.07) is 15.5. The highest BCUT2D eigenvalue weighted by Gasteiger charge is 2.35. The van der Waals surface area contributed by atoms with Crippen LogP contribution in [-0.4, -0.2) is 11.7 Å². The van der Waals surface area contributed by atoms with Crippen molar-refractivity contribution in [2.24, 2.45) is 0 Å². The molecule has 2 aliphatic heterocycles. The average molecular weight is 351 g/mol. The molecular weight excluding hydrogens is 337 g/mol. The number of hydrogen-bond acceptors (Lipinski definition) is 4. The molecule has 0 saturated carbocycles. The molecule has 0 bridgehead atoms. The second-order valence-corrected chi connectivity index (χ2v) is 6.56. The van der Waals surface area contributed by atoms with Crippen LogP contribution in [0.5, 0.6) is 0 Å². The summed E-state index contributed by atoms with van der Waals surface area (Å²) in [5.74, 6) is -0.422. The van der Waals surface area contributed by atoms with Gasteiger partial charge in [0.25, 0.3) is 0 Å². The van der Waals surface area contributed by atoms with Gasteiger partial charge in [0, 0.05) is 11.0 Å². The molecule has 4 rings (SSSR count). The lowest BCUT2D eigenvalue weighted by atomic mass is 10.2. The predicted molar refractivity (Wildman–Crippen MR) is 98.4 cm³/mol. The molecule has 2 aromatic carbocycles. The Morgan fingerprint density at radius 2 is 1.80 bits per heavy atom. The summed E-state index contributed by atoms with van der Waals surface area (Å²) in [7, 11) is 0. The maximum atomic E-state index is 13.1. The SMILES string of the molecule is N=C1/C(=C2\NC(c3ccccc3)=CS2)CC(=O)N1c1ccc(F)cc1. The van der Waals surface area contributed by atoms with Gasteiger partial charge in [0.15, 0.2) is 0 Å². The first-order valence-corrected chi connectivity index (χ1v) is 8.61. The van der Waals surface area contributed by atoms with Crippen molar-refractivity contribution in [1.29, 1.82) is 5.41 Å². The quantitative estimate of drug-likeness (QED) is 0.857.